The van der Waals surface area contributed by atoms with Gasteiger partial charge < -0.3 is 15.7 Å². The molecule has 0 saturated heterocycles. The van der Waals surface area contributed by atoms with Crippen molar-refractivity contribution in [3.63, 3.8) is 0 Å². The molecule has 23 heavy (non-hydrogen) atoms. The van der Waals surface area contributed by atoms with Crippen LogP contribution in [0.3, 0.4) is 0 Å². The minimum atomic E-state index is -0.748. The summed E-state index contributed by atoms with van der Waals surface area (Å²) in [5.41, 5.74) is 1.80. The van der Waals surface area contributed by atoms with E-state index in [-0.39, 0.29) is 24.3 Å². The molecule has 1 saturated carbocycles. The van der Waals surface area contributed by atoms with Crippen LogP contribution in [0.2, 0.25) is 0 Å². The summed E-state index contributed by atoms with van der Waals surface area (Å²) in [5, 5.41) is 15.8. The van der Waals surface area contributed by atoms with Crippen molar-refractivity contribution in [2.24, 2.45) is 5.92 Å². The Balaban J connectivity index is 1.95. The van der Waals surface area contributed by atoms with Crippen LogP contribution in [0.1, 0.15) is 49.8 Å². The first-order valence-electron chi connectivity index (χ1n) is 8.27. The minimum absolute atomic E-state index is 0.145. The molecule has 1 aromatic carbocycles. The second kappa shape index (κ2) is 8.11. The summed E-state index contributed by atoms with van der Waals surface area (Å²) in [6, 6.07) is 7.07. The molecule has 0 bridgehead atoms. The van der Waals surface area contributed by atoms with E-state index in [9.17, 15) is 14.7 Å². The van der Waals surface area contributed by atoms with Crippen molar-refractivity contribution in [3.05, 3.63) is 35.4 Å². The fourth-order valence-electron chi connectivity index (χ4n) is 3.29. The Bertz CT molecular complexity index is 553. The molecule has 2 rings (SSSR count). The van der Waals surface area contributed by atoms with Gasteiger partial charge in [0.2, 0.25) is 11.8 Å². The minimum Gasteiger partial charge on any atom is -0.387 e. The van der Waals surface area contributed by atoms with Crippen molar-refractivity contribution in [1.82, 2.24) is 10.6 Å². The lowest BCUT2D eigenvalue weighted by atomic mass is 9.97. The molecule has 3 N–H and O–H groups in total. The number of hydrogen-bond donors (Lipinski definition) is 3. The maximum atomic E-state index is 12.4. The van der Waals surface area contributed by atoms with Gasteiger partial charge >= 0.3 is 0 Å². The molecule has 2 unspecified atom stereocenters. The van der Waals surface area contributed by atoms with Crippen LogP contribution in [0.25, 0.3) is 0 Å². The Hall–Kier alpha value is -1.88. The third-order valence-electron chi connectivity index (χ3n) is 4.53. The largest absolute Gasteiger partial charge is 0.387 e. The van der Waals surface area contributed by atoms with Crippen molar-refractivity contribution in [2.75, 3.05) is 6.54 Å². The molecule has 0 radical (unpaired) electrons. The standard InChI is InChI=1S/C18H26N2O3/c1-12-7-3-6-10-15(12)16(22)11-19-18(23)17(20-13(2)21)14-8-4-5-9-14/h3,6-7,10,14,16-17,22H,4-5,8-9,11H2,1-2H3,(H,19,23)(H,20,21). The van der Waals surface area contributed by atoms with Crippen LogP contribution >= 0.6 is 0 Å². The quantitative estimate of drug-likeness (QED) is 0.749. The summed E-state index contributed by atoms with van der Waals surface area (Å²) in [7, 11) is 0. The van der Waals surface area contributed by atoms with Crippen LogP contribution in [0.4, 0.5) is 0 Å². The summed E-state index contributed by atoms with van der Waals surface area (Å²) in [5.74, 6) is -0.217. The molecule has 5 nitrogen and oxygen atoms in total. The predicted molar refractivity (Wildman–Crippen MR) is 88.7 cm³/mol. The Morgan fingerprint density at radius 1 is 1.26 bits per heavy atom. The normalized spacial score (nSPS) is 17.5. The maximum Gasteiger partial charge on any atom is 0.242 e. The number of carbonyl (C=O) groups is 2. The number of hydrogen-bond acceptors (Lipinski definition) is 3. The van der Waals surface area contributed by atoms with Crippen LogP contribution in [-0.2, 0) is 9.59 Å². The number of rotatable bonds is 6. The highest BCUT2D eigenvalue weighted by Crippen LogP contribution is 2.28. The topological polar surface area (TPSA) is 78.4 Å². The zero-order valence-corrected chi connectivity index (χ0v) is 13.8. The fourth-order valence-corrected chi connectivity index (χ4v) is 3.29. The van der Waals surface area contributed by atoms with E-state index in [4.69, 9.17) is 0 Å². The van der Waals surface area contributed by atoms with Gasteiger partial charge in [-0.3, -0.25) is 9.59 Å². The molecule has 0 aliphatic heterocycles. The molecule has 1 aliphatic carbocycles. The number of aliphatic hydroxyl groups excluding tert-OH is 1. The van der Waals surface area contributed by atoms with Gasteiger partial charge in [0.15, 0.2) is 0 Å². The highest BCUT2D eigenvalue weighted by molar-refractivity contribution is 5.87. The second-order valence-corrected chi connectivity index (χ2v) is 6.34. The zero-order chi connectivity index (χ0) is 16.8. The summed E-state index contributed by atoms with van der Waals surface area (Å²) in [6.07, 6.45) is 3.36. The molecule has 1 aromatic rings. The zero-order valence-electron chi connectivity index (χ0n) is 13.8. The summed E-state index contributed by atoms with van der Waals surface area (Å²) in [6.45, 7) is 3.50. The van der Waals surface area contributed by atoms with E-state index in [1.807, 2.05) is 31.2 Å². The lowest BCUT2D eigenvalue weighted by Crippen LogP contribution is -2.50. The van der Waals surface area contributed by atoms with Crippen LogP contribution in [0, 0.1) is 12.8 Å². The molecular weight excluding hydrogens is 292 g/mol. The number of aryl methyl sites for hydroxylation is 1. The van der Waals surface area contributed by atoms with Crippen molar-refractivity contribution >= 4 is 11.8 Å². The fraction of sp³-hybridized carbons (Fsp3) is 0.556. The lowest BCUT2D eigenvalue weighted by molar-refractivity contribution is -0.129. The van der Waals surface area contributed by atoms with Gasteiger partial charge in [0, 0.05) is 13.5 Å². The van der Waals surface area contributed by atoms with Crippen molar-refractivity contribution in [1.29, 1.82) is 0 Å². The number of benzene rings is 1. The highest BCUT2D eigenvalue weighted by Gasteiger charge is 2.31. The van der Waals surface area contributed by atoms with E-state index in [2.05, 4.69) is 10.6 Å². The molecule has 1 aliphatic rings. The molecule has 2 amide bonds. The van der Waals surface area contributed by atoms with Gasteiger partial charge in [-0.2, -0.15) is 0 Å². The van der Waals surface area contributed by atoms with E-state index in [1.165, 1.54) is 6.92 Å². The van der Waals surface area contributed by atoms with Crippen molar-refractivity contribution in [2.45, 2.75) is 51.7 Å². The van der Waals surface area contributed by atoms with Gasteiger partial charge in [0.05, 0.1) is 6.10 Å². The summed E-state index contributed by atoms with van der Waals surface area (Å²) in [4.78, 5) is 23.8. The summed E-state index contributed by atoms with van der Waals surface area (Å²) >= 11 is 0. The molecule has 1 fully saturated rings. The highest BCUT2D eigenvalue weighted by atomic mass is 16.3. The lowest BCUT2D eigenvalue weighted by Gasteiger charge is -2.24. The number of nitrogens with one attached hydrogen (secondary N) is 2. The van der Waals surface area contributed by atoms with Crippen LogP contribution in [0.15, 0.2) is 24.3 Å². The van der Waals surface area contributed by atoms with Crippen LogP contribution in [0.5, 0.6) is 0 Å². The van der Waals surface area contributed by atoms with E-state index >= 15 is 0 Å². The third-order valence-corrected chi connectivity index (χ3v) is 4.53. The Kier molecular flexibility index (Phi) is 6.16. The van der Waals surface area contributed by atoms with Crippen molar-refractivity contribution in [3.8, 4) is 0 Å². The predicted octanol–water partition coefficient (Wildman–Crippen LogP) is 1.84. The molecule has 0 spiro atoms. The first-order valence-corrected chi connectivity index (χ1v) is 8.27. The molecule has 0 heterocycles. The van der Waals surface area contributed by atoms with E-state index in [0.29, 0.717) is 0 Å². The SMILES string of the molecule is CC(=O)NC(C(=O)NCC(O)c1ccccc1C)C1CCCC1. The first kappa shape index (κ1) is 17.5. The van der Waals surface area contributed by atoms with E-state index in [0.717, 1.165) is 36.8 Å². The molecule has 5 heteroatoms. The number of amides is 2. The van der Waals surface area contributed by atoms with Gasteiger partial charge in [-0.1, -0.05) is 37.1 Å². The van der Waals surface area contributed by atoms with Crippen LogP contribution in [-0.4, -0.2) is 29.5 Å². The Morgan fingerprint density at radius 2 is 1.91 bits per heavy atom. The van der Waals surface area contributed by atoms with Gasteiger partial charge in [-0.05, 0) is 36.8 Å². The third kappa shape index (κ3) is 4.79. The van der Waals surface area contributed by atoms with Gasteiger partial charge in [0.25, 0.3) is 0 Å². The molecule has 126 valence electrons. The number of aliphatic hydroxyl groups is 1. The average Bonchev–Trinajstić information content (AvgIpc) is 3.04. The number of carbonyl (C=O) groups excluding carboxylic acids is 2. The van der Waals surface area contributed by atoms with E-state index < -0.39 is 12.1 Å². The molecule has 2 atom stereocenters. The maximum absolute atomic E-state index is 12.4. The van der Waals surface area contributed by atoms with Crippen molar-refractivity contribution < 1.29 is 14.7 Å². The monoisotopic (exact) mass is 318 g/mol. The summed E-state index contributed by atoms with van der Waals surface area (Å²) < 4.78 is 0. The average molecular weight is 318 g/mol. The smallest absolute Gasteiger partial charge is 0.242 e. The second-order valence-electron chi connectivity index (χ2n) is 6.34. The molecule has 0 aromatic heterocycles. The Morgan fingerprint density at radius 3 is 2.52 bits per heavy atom. The van der Waals surface area contributed by atoms with Crippen LogP contribution < -0.4 is 10.6 Å². The van der Waals surface area contributed by atoms with Gasteiger partial charge in [-0.15, -0.1) is 0 Å². The van der Waals surface area contributed by atoms with Gasteiger partial charge in [0.1, 0.15) is 6.04 Å². The van der Waals surface area contributed by atoms with E-state index in [1.54, 1.807) is 0 Å². The Labute approximate surface area is 137 Å². The molecular formula is C18H26N2O3. The first-order chi connectivity index (χ1) is 11.0. The van der Waals surface area contributed by atoms with Gasteiger partial charge in [-0.25, -0.2) is 0 Å².